The number of carbonyl (C=O) groups is 2. The Labute approximate surface area is 190 Å². The molecule has 2 aliphatic rings. The van der Waals surface area contributed by atoms with Crippen LogP contribution >= 0.6 is 11.6 Å². The van der Waals surface area contributed by atoms with Crippen molar-refractivity contribution in [1.29, 1.82) is 0 Å². The van der Waals surface area contributed by atoms with Gasteiger partial charge in [-0.3, -0.25) is 9.59 Å². The molecule has 3 atom stereocenters. The van der Waals surface area contributed by atoms with Gasteiger partial charge >= 0.3 is 0 Å². The van der Waals surface area contributed by atoms with Gasteiger partial charge in [-0.1, -0.05) is 51.4 Å². The summed E-state index contributed by atoms with van der Waals surface area (Å²) in [5, 5.41) is 18.5. The van der Waals surface area contributed by atoms with E-state index in [2.05, 4.69) is 10.6 Å². The summed E-state index contributed by atoms with van der Waals surface area (Å²) in [5.74, 6) is -0.178. The van der Waals surface area contributed by atoms with E-state index in [0.29, 0.717) is 31.0 Å². The zero-order valence-electron chi connectivity index (χ0n) is 19.1. The fourth-order valence-electron chi connectivity index (χ4n) is 4.87. The second kappa shape index (κ2) is 9.47. The molecule has 0 saturated carbocycles. The monoisotopic (exact) mass is 449 g/mol. The highest BCUT2D eigenvalue weighted by Gasteiger charge is 2.50. The van der Waals surface area contributed by atoms with Gasteiger partial charge in [0.25, 0.3) is 0 Å². The quantitative estimate of drug-likeness (QED) is 0.623. The third kappa shape index (κ3) is 5.24. The Morgan fingerprint density at radius 1 is 1.29 bits per heavy atom. The third-order valence-corrected chi connectivity index (χ3v) is 7.18. The van der Waals surface area contributed by atoms with Crippen LogP contribution in [-0.2, 0) is 15.2 Å². The van der Waals surface area contributed by atoms with Crippen molar-refractivity contribution >= 4 is 23.4 Å². The van der Waals surface area contributed by atoms with Gasteiger partial charge in [-0.05, 0) is 49.4 Å². The van der Waals surface area contributed by atoms with Crippen molar-refractivity contribution in [2.75, 3.05) is 19.6 Å². The number of amides is 2. The van der Waals surface area contributed by atoms with E-state index >= 15 is 0 Å². The first-order valence-corrected chi connectivity index (χ1v) is 11.7. The number of benzene rings is 1. The molecule has 3 rings (SSSR count). The van der Waals surface area contributed by atoms with Crippen molar-refractivity contribution in [3.05, 3.63) is 34.9 Å². The molecule has 2 fully saturated rings. The van der Waals surface area contributed by atoms with Crippen LogP contribution in [0.4, 0.5) is 0 Å². The van der Waals surface area contributed by atoms with Crippen molar-refractivity contribution in [2.24, 2.45) is 11.3 Å². The van der Waals surface area contributed by atoms with E-state index < -0.39 is 17.1 Å². The minimum Gasteiger partial charge on any atom is -0.384 e. The number of nitrogens with one attached hydrogen (secondary N) is 2. The van der Waals surface area contributed by atoms with Crippen molar-refractivity contribution < 1.29 is 14.7 Å². The van der Waals surface area contributed by atoms with E-state index in [1.807, 2.05) is 39.8 Å². The van der Waals surface area contributed by atoms with Gasteiger partial charge in [0.05, 0.1) is 5.60 Å². The lowest BCUT2D eigenvalue weighted by atomic mass is 9.66. The number of nitrogens with zero attached hydrogens (tertiary/aromatic N) is 1. The summed E-state index contributed by atoms with van der Waals surface area (Å²) in [6.45, 7) is 9.67. The van der Waals surface area contributed by atoms with Crippen LogP contribution in [0.2, 0.25) is 5.02 Å². The van der Waals surface area contributed by atoms with Gasteiger partial charge in [-0.2, -0.15) is 0 Å². The van der Waals surface area contributed by atoms with E-state index in [-0.39, 0.29) is 23.8 Å². The summed E-state index contributed by atoms with van der Waals surface area (Å²) in [6.07, 6.45) is 2.91. The highest BCUT2D eigenvalue weighted by molar-refractivity contribution is 6.30. The van der Waals surface area contributed by atoms with Gasteiger partial charge in [0.2, 0.25) is 11.8 Å². The molecule has 0 radical (unpaired) electrons. The number of carbonyl (C=O) groups excluding carboxylic acids is 2. The Bertz CT molecular complexity index is 790. The second-order valence-corrected chi connectivity index (χ2v) is 10.5. The molecule has 0 aromatic heterocycles. The Hall–Kier alpha value is -1.63. The number of hydrogen-bond acceptors (Lipinski definition) is 4. The number of hydrogen-bond donors (Lipinski definition) is 3. The number of likely N-dealkylation sites (tertiary alicyclic amines) is 1. The molecule has 6 nitrogen and oxygen atoms in total. The maximum absolute atomic E-state index is 13.4. The fourth-order valence-corrected chi connectivity index (χ4v) is 4.99. The molecule has 2 aliphatic heterocycles. The van der Waals surface area contributed by atoms with Gasteiger partial charge < -0.3 is 20.6 Å². The first kappa shape index (κ1) is 24.0. The van der Waals surface area contributed by atoms with Crippen LogP contribution in [0.1, 0.15) is 58.9 Å². The van der Waals surface area contributed by atoms with Crippen molar-refractivity contribution in [2.45, 2.75) is 71.1 Å². The largest absolute Gasteiger partial charge is 0.384 e. The average molecular weight is 450 g/mol. The molecule has 0 bridgehead atoms. The Morgan fingerprint density at radius 3 is 2.52 bits per heavy atom. The van der Waals surface area contributed by atoms with E-state index in [1.54, 1.807) is 17.0 Å². The van der Waals surface area contributed by atoms with E-state index in [9.17, 15) is 14.7 Å². The van der Waals surface area contributed by atoms with Gasteiger partial charge in [-0.15, -0.1) is 0 Å². The minimum atomic E-state index is -1.06. The van der Waals surface area contributed by atoms with Crippen LogP contribution in [0.5, 0.6) is 0 Å². The summed E-state index contributed by atoms with van der Waals surface area (Å²) in [5.41, 5.74) is -0.806. The molecule has 1 aromatic carbocycles. The number of rotatable bonds is 6. The lowest BCUT2D eigenvalue weighted by molar-refractivity contribution is -0.156. The lowest BCUT2D eigenvalue weighted by Crippen LogP contribution is -2.60. The molecule has 0 aliphatic carbocycles. The molecule has 31 heavy (non-hydrogen) atoms. The topological polar surface area (TPSA) is 81.7 Å². The molecular weight excluding hydrogens is 414 g/mol. The first-order valence-electron chi connectivity index (χ1n) is 11.3. The second-order valence-electron chi connectivity index (χ2n) is 10.0. The maximum Gasteiger partial charge on any atom is 0.245 e. The Morgan fingerprint density at radius 2 is 1.97 bits per heavy atom. The van der Waals surface area contributed by atoms with E-state index in [1.165, 1.54) is 0 Å². The Kier molecular flexibility index (Phi) is 7.34. The Balaban J connectivity index is 1.69. The minimum absolute atomic E-state index is 0.0202. The maximum atomic E-state index is 13.4. The number of aliphatic hydroxyl groups is 1. The molecule has 172 valence electrons. The van der Waals surface area contributed by atoms with Crippen LogP contribution < -0.4 is 10.6 Å². The molecule has 7 heteroatoms. The van der Waals surface area contributed by atoms with Crippen LogP contribution in [0.3, 0.4) is 0 Å². The molecule has 3 N–H and O–H groups in total. The van der Waals surface area contributed by atoms with Crippen LogP contribution in [0.15, 0.2) is 24.3 Å². The van der Waals surface area contributed by atoms with Crippen LogP contribution in [0, 0.1) is 11.3 Å². The molecule has 0 unspecified atom stereocenters. The predicted octanol–water partition coefficient (Wildman–Crippen LogP) is 3.07. The smallest absolute Gasteiger partial charge is 0.245 e. The predicted molar refractivity (Wildman–Crippen MR) is 123 cm³/mol. The van der Waals surface area contributed by atoms with Gasteiger partial charge in [0.15, 0.2) is 0 Å². The normalized spacial score (nSPS) is 26.7. The van der Waals surface area contributed by atoms with Gasteiger partial charge in [-0.25, -0.2) is 0 Å². The first-order chi connectivity index (χ1) is 14.5. The zero-order valence-corrected chi connectivity index (χ0v) is 19.8. The highest BCUT2D eigenvalue weighted by Crippen LogP contribution is 2.46. The highest BCUT2D eigenvalue weighted by atomic mass is 35.5. The molecular formula is C24H36ClN3O3. The molecule has 1 aromatic rings. The molecule has 2 heterocycles. The van der Waals surface area contributed by atoms with Crippen LogP contribution in [0.25, 0.3) is 0 Å². The number of piperidine rings is 1. The fraction of sp³-hybridized carbons (Fsp3) is 0.667. The van der Waals surface area contributed by atoms with E-state index in [4.69, 9.17) is 11.6 Å². The lowest BCUT2D eigenvalue weighted by Gasteiger charge is -2.51. The summed E-state index contributed by atoms with van der Waals surface area (Å²) < 4.78 is 0. The van der Waals surface area contributed by atoms with E-state index in [0.717, 1.165) is 24.9 Å². The summed E-state index contributed by atoms with van der Waals surface area (Å²) in [6, 6.07) is 6.92. The molecule has 2 amide bonds. The standard InChI is InChI=1S/C24H36ClN3O3/c1-16(2)21(27-20(29)14-19-6-5-12-26-19)22(30)28-13-11-24(31,23(3,4)15-28)17-7-9-18(25)10-8-17/h7-10,16,19,21,26,31H,5-6,11-15H2,1-4H3,(H,27,29)/t19-,21-,24+/m1/s1. The van der Waals surface area contributed by atoms with Crippen molar-refractivity contribution in [1.82, 2.24) is 15.5 Å². The van der Waals surface area contributed by atoms with Gasteiger partial charge in [0, 0.05) is 36.0 Å². The van der Waals surface area contributed by atoms with Crippen LogP contribution in [-0.4, -0.2) is 53.5 Å². The number of halogens is 1. The molecule has 0 spiro atoms. The van der Waals surface area contributed by atoms with Crippen molar-refractivity contribution in [3.63, 3.8) is 0 Å². The molecule has 2 saturated heterocycles. The third-order valence-electron chi connectivity index (χ3n) is 6.93. The van der Waals surface area contributed by atoms with Gasteiger partial charge in [0.1, 0.15) is 6.04 Å². The summed E-state index contributed by atoms with van der Waals surface area (Å²) in [4.78, 5) is 27.8. The zero-order chi connectivity index (χ0) is 22.8. The SMILES string of the molecule is CC(C)[C@@H](NC(=O)C[C@H]1CCCN1)C(=O)N1CC[C@](O)(c2ccc(Cl)cc2)C(C)(C)C1. The average Bonchev–Trinajstić information content (AvgIpc) is 3.21. The summed E-state index contributed by atoms with van der Waals surface area (Å²) >= 11 is 6.02. The summed E-state index contributed by atoms with van der Waals surface area (Å²) in [7, 11) is 0. The van der Waals surface area contributed by atoms with Crippen molar-refractivity contribution in [3.8, 4) is 0 Å².